The van der Waals surface area contributed by atoms with Crippen molar-refractivity contribution in [1.29, 1.82) is 0 Å². The fourth-order valence-electron chi connectivity index (χ4n) is 2.88. The predicted octanol–water partition coefficient (Wildman–Crippen LogP) is 3.00. The van der Waals surface area contributed by atoms with Crippen LogP contribution in [0.5, 0.6) is 0 Å². The smallest absolute Gasteiger partial charge is 0.275 e. The van der Waals surface area contributed by atoms with Crippen LogP contribution >= 0.6 is 0 Å². The normalized spacial score (nSPS) is 15.7. The summed E-state index contributed by atoms with van der Waals surface area (Å²) < 4.78 is 13.9. The van der Waals surface area contributed by atoms with Crippen molar-refractivity contribution in [2.24, 2.45) is 0 Å². The number of aryl methyl sites for hydroxylation is 1. The van der Waals surface area contributed by atoms with Gasteiger partial charge in [-0.2, -0.15) is 0 Å². The second-order valence-corrected chi connectivity index (χ2v) is 6.25. The molecule has 0 atom stereocenters. The molecule has 0 aliphatic carbocycles. The monoisotopic (exact) mass is 339 g/mol. The van der Waals surface area contributed by atoms with Gasteiger partial charge in [0.2, 0.25) is 0 Å². The molecule has 1 aliphatic heterocycles. The van der Waals surface area contributed by atoms with Crippen molar-refractivity contribution in [1.82, 2.24) is 14.8 Å². The summed E-state index contributed by atoms with van der Waals surface area (Å²) in [7, 11) is 0. The first-order chi connectivity index (χ1) is 12.1. The quantitative estimate of drug-likeness (QED) is 0.859. The van der Waals surface area contributed by atoms with Gasteiger partial charge in [-0.05, 0) is 24.1 Å². The Labute approximate surface area is 147 Å². The first-order valence-corrected chi connectivity index (χ1v) is 8.49. The molecule has 1 aromatic carbocycles. The van der Waals surface area contributed by atoms with Crippen molar-refractivity contribution in [2.45, 2.75) is 6.92 Å². The molecule has 0 radical (unpaired) electrons. The van der Waals surface area contributed by atoms with E-state index < -0.39 is 5.82 Å². The Balaban J connectivity index is 1.51. The zero-order valence-corrected chi connectivity index (χ0v) is 14.4. The summed E-state index contributed by atoms with van der Waals surface area (Å²) in [6, 6.07) is 11.5. The van der Waals surface area contributed by atoms with E-state index in [0.29, 0.717) is 18.7 Å². The van der Waals surface area contributed by atoms with Crippen molar-refractivity contribution in [3.63, 3.8) is 0 Å². The minimum Gasteiger partial charge on any atom is -0.335 e. The Hall–Kier alpha value is -2.53. The number of aromatic nitrogens is 1. The lowest BCUT2D eigenvalue weighted by Gasteiger charge is -2.34. The van der Waals surface area contributed by atoms with Crippen LogP contribution in [0.15, 0.2) is 48.7 Å². The molecule has 0 spiro atoms. The van der Waals surface area contributed by atoms with Gasteiger partial charge in [-0.25, -0.2) is 9.37 Å². The number of hydrogen-bond acceptors (Lipinski definition) is 3. The number of piperazine rings is 1. The van der Waals surface area contributed by atoms with Crippen LogP contribution in [0.3, 0.4) is 0 Å². The standard InChI is InChI=1S/C20H22FN3O/c1-16-14-18(21)19(22-15-16)20(25)24-12-10-23(11-13-24)9-5-8-17-6-3-2-4-7-17/h2-8,14-15H,9-13H2,1H3/b8-5+. The van der Waals surface area contributed by atoms with Gasteiger partial charge in [0.1, 0.15) is 0 Å². The lowest BCUT2D eigenvalue weighted by atomic mass is 10.2. The average Bonchev–Trinajstić information content (AvgIpc) is 2.63. The predicted molar refractivity (Wildman–Crippen MR) is 96.8 cm³/mol. The summed E-state index contributed by atoms with van der Waals surface area (Å²) in [5.74, 6) is -0.866. The van der Waals surface area contributed by atoms with Crippen molar-refractivity contribution in [3.8, 4) is 0 Å². The molecule has 3 rings (SSSR count). The maximum Gasteiger partial charge on any atom is 0.275 e. The van der Waals surface area contributed by atoms with E-state index in [0.717, 1.165) is 19.6 Å². The van der Waals surface area contributed by atoms with Crippen molar-refractivity contribution in [3.05, 3.63) is 71.3 Å². The molecule has 1 aliphatic rings. The molecule has 1 saturated heterocycles. The molecule has 5 heteroatoms. The van der Waals surface area contributed by atoms with Crippen LogP contribution in [-0.2, 0) is 0 Å². The molecule has 0 N–H and O–H groups in total. The topological polar surface area (TPSA) is 36.4 Å². The Morgan fingerprint density at radius 1 is 1.20 bits per heavy atom. The van der Waals surface area contributed by atoms with E-state index in [4.69, 9.17) is 0 Å². The maximum atomic E-state index is 13.9. The number of benzene rings is 1. The zero-order chi connectivity index (χ0) is 17.6. The number of halogens is 1. The molecule has 25 heavy (non-hydrogen) atoms. The van der Waals surface area contributed by atoms with Crippen molar-refractivity contribution >= 4 is 12.0 Å². The van der Waals surface area contributed by atoms with E-state index in [1.807, 2.05) is 18.2 Å². The first-order valence-electron chi connectivity index (χ1n) is 8.49. The highest BCUT2D eigenvalue weighted by atomic mass is 19.1. The third kappa shape index (κ3) is 4.51. The molecule has 0 saturated carbocycles. The summed E-state index contributed by atoms with van der Waals surface area (Å²) >= 11 is 0. The van der Waals surface area contributed by atoms with E-state index >= 15 is 0 Å². The molecule has 0 bridgehead atoms. The van der Waals surface area contributed by atoms with E-state index in [-0.39, 0.29) is 11.6 Å². The molecule has 1 aromatic heterocycles. The second kappa shape index (κ2) is 8.03. The maximum absolute atomic E-state index is 13.9. The summed E-state index contributed by atoms with van der Waals surface area (Å²) in [6.07, 6.45) is 5.76. The minimum atomic E-state index is -0.543. The van der Waals surface area contributed by atoms with Gasteiger partial charge in [0.05, 0.1) is 0 Å². The molecule has 1 amide bonds. The van der Waals surface area contributed by atoms with Gasteiger partial charge in [0, 0.05) is 38.9 Å². The number of amides is 1. The minimum absolute atomic E-state index is 0.0805. The SMILES string of the molecule is Cc1cnc(C(=O)N2CCN(C/C=C/c3ccccc3)CC2)c(F)c1. The fraction of sp³-hybridized carbons (Fsp3) is 0.300. The Bertz CT molecular complexity index is 753. The van der Waals surface area contributed by atoms with Crippen molar-refractivity contribution < 1.29 is 9.18 Å². The van der Waals surface area contributed by atoms with Gasteiger partial charge in [-0.3, -0.25) is 9.69 Å². The summed E-state index contributed by atoms with van der Waals surface area (Å²) in [5, 5.41) is 0. The molecule has 2 heterocycles. The Morgan fingerprint density at radius 3 is 2.60 bits per heavy atom. The highest BCUT2D eigenvalue weighted by Gasteiger charge is 2.24. The third-order valence-corrected chi connectivity index (χ3v) is 4.31. The second-order valence-electron chi connectivity index (χ2n) is 6.25. The number of carbonyl (C=O) groups is 1. The molecule has 0 unspecified atom stereocenters. The molecule has 130 valence electrons. The molecule has 4 nitrogen and oxygen atoms in total. The van der Waals surface area contributed by atoms with Crippen molar-refractivity contribution in [2.75, 3.05) is 32.7 Å². The molecular weight excluding hydrogens is 317 g/mol. The Morgan fingerprint density at radius 2 is 1.92 bits per heavy atom. The van der Waals surface area contributed by atoms with Crippen LogP contribution < -0.4 is 0 Å². The van der Waals surface area contributed by atoms with E-state index in [1.165, 1.54) is 17.8 Å². The highest BCUT2D eigenvalue weighted by Crippen LogP contribution is 2.12. The summed E-state index contributed by atoms with van der Waals surface area (Å²) in [4.78, 5) is 20.4. The number of rotatable bonds is 4. The largest absolute Gasteiger partial charge is 0.335 e. The van der Waals surface area contributed by atoms with Gasteiger partial charge in [0.15, 0.2) is 11.5 Å². The number of pyridine rings is 1. The first kappa shape index (κ1) is 17.3. The molecule has 2 aromatic rings. The van der Waals surface area contributed by atoms with E-state index in [9.17, 15) is 9.18 Å². The van der Waals surface area contributed by atoms with Gasteiger partial charge in [-0.1, -0.05) is 42.5 Å². The van der Waals surface area contributed by atoms with Gasteiger partial charge in [0.25, 0.3) is 5.91 Å². The van der Waals surface area contributed by atoms with Crippen LogP contribution in [0.1, 0.15) is 21.6 Å². The number of hydrogen-bond donors (Lipinski definition) is 0. The lowest BCUT2D eigenvalue weighted by Crippen LogP contribution is -2.49. The molecular formula is C20H22FN3O. The summed E-state index contributed by atoms with van der Waals surface area (Å²) in [5.41, 5.74) is 1.81. The van der Waals surface area contributed by atoms with E-state index in [2.05, 4.69) is 34.2 Å². The number of carbonyl (C=O) groups excluding carboxylic acids is 1. The third-order valence-electron chi connectivity index (χ3n) is 4.31. The zero-order valence-electron chi connectivity index (χ0n) is 14.4. The summed E-state index contributed by atoms with van der Waals surface area (Å²) in [6.45, 7) is 5.33. The highest BCUT2D eigenvalue weighted by molar-refractivity contribution is 5.92. The van der Waals surface area contributed by atoms with Gasteiger partial charge < -0.3 is 4.90 Å². The number of nitrogens with zero attached hydrogens (tertiary/aromatic N) is 3. The van der Waals surface area contributed by atoms with E-state index in [1.54, 1.807) is 11.8 Å². The fourth-order valence-corrected chi connectivity index (χ4v) is 2.88. The van der Waals surface area contributed by atoms with Crippen LogP contribution in [0.4, 0.5) is 4.39 Å². The molecule has 1 fully saturated rings. The van der Waals surface area contributed by atoms with Crippen LogP contribution in [0.25, 0.3) is 6.08 Å². The average molecular weight is 339 g/mol. The van der Waals surface area contributed by atoms with Crippen LogP contribution in [0.2, 0.25) is 0 Å². The lowest BCUT2D eigenvalue weighted by molar-refractivity contribution is 0.0639. The van der Waals surface area contributed by atoms with Crippen LogP contribution in [-0.4, -0.2) is 53.4 Å². The van der Waals surface area contributed by atoms with Gasteiger partial charge >= 0.3 is 0 Å². The van der Waals surface area contributed by atoms with Crippen LogP contribution in [0, 0.1) is 12.7 Å². The Kier molecular flexibility index (Phi) is 5.56. The van der Waals surface area contributed by atoms with Gasteiger partial charge in [-0.15, -0.1) is 0 Å².